The van der Waals surface area contributed by atoms with Crippen LogP contribution in [-0.2, 0) is 6.54 Å². The number of halogens is 3. The molecule has 0 aliphatic heterocycles. The van der Waals surface area contributed by atoms with E-state index in [2.05, 4.69) is 47.8 Å². The Morgan fingerprint density at radius 3 is 2.47 bits per heavy atom. The Hall–Kier alpha value is -0.720. The van der Waals surface area contributed by atoms with Gasteiger partial charge in [0.15, 0.2) is 5.78 Å². The fourth-order valence-electron chi connectivity index (χ4n) is 1.61. The van der Waals surface area contributed by atoms with Crippen molar-refractivity contribution < 1.29 is 4.79 Å². The Balaban J connectivity index is 2.35. The number of pyridine rings is 1. The van der Waals surface area contributed by atoms with Gasteiger partial charge in [-0.1, -0.05) is 34.1 Å². The number of benzene rings is 1. The molecule has 1 aromatic carbocycles. The quantitative estimate of drug-likeness (QED) is 0.664. The van der Waals surface area contributed by atoms with E-state index in [0.717, 1.165) is 8.95 Å². The minimum Gasteiger partial charge on any atom is -0.306 e. The SMILES string of the molecule is O=C(Cn1cc(Br)cc(Br)c1=O)c1ccccc1Br. The highest BCUT2D eigenvalue weighted by Gasteiger charge is 2.12. The number of rotatable bonds is 3. The van der Waals surface area contributed by atoms with E-state index in [-0.39, 0.29) is 17.9 Å². The lowest BCUT2D eigenvalue weighted by Crippen LogP contribution is -2.24. The lowest BCUT2D eigenvalue weighted by Gasteiger charge is -2.07. The molecule has 3 nitrogen and oxygen atoms in total. The van der Waals surface area contributed by atoms with Crippen molar-refractivity contribution in [3.63, 3.8) is 0 Å². The lowest BCUT2D eigenvalue weighted by molar-refractivity contribution is 0.0970. The Labute approximate surface area is 135 Å². The second-order valence-corrected chi connectivity index (χ2v) is 6.47. The predicted molar refractivity (Wildman–Crippen MR) is 84.6 cm³/mol. The van der Waals surface area contributed by atoms with E-state index in [1.807, 2.05) is 6.07 Å². The van der Waals surface area contributed by atoms with Crippen LogP contribution in [-0.4, -0.2) is 10.4 Å². The van der Waals surface area contributed by atoms with Crippen molar-refractivity contribution in [1.82, 2.24) is 4.57 Å². The summed E-state index contributed by atoms with van der Waals surface area (Å²) in [7, 11) is 0. The molecule has 0 radical (unpaired) electrons. The first-order valence-electron chi connectivity index (χ1n) is 5.32. The maximum Gasteiger partial charge on any atom is 0.265 e. The van der Waals surface area contributed by atoms with Crippen molar-refractivity contribution in [2.75, 3.05) is 0 Å². The number of hydrogen-bond donors (Lipinski definition) is 0. The monoisotopic (exact) mass is 447 g/mol. The fourth-order valence-corrected chi connectivity index (χ4v) is 3.37. The summed E-state index contributed by atoms with van der Waals surface area (Å²) in [5.41, 5.74) is 0.328. The summed E-state index contributed by atoms with van der Waals surface area (Å²) in [6.45, 7) is -0.000509. The van der Waals surface area contributed by atoms with E-state index < -0.39 is 0 Å². The van der Waals surface area contributed by atoms with Gasteiger partial charge in [-0.2, -0.15) is 0 Å². The maximum atomic E-state index is 12.2. The van der Waals surface area contributed by atoms with Gasteiger partial charge in [-0.3, -0.25) is 9.59 Å². The molecule has 98 valence electrons. The third kappa shape index (κ3) is 3.43. The maximum absolute atomic E-state index is 12.2. The van der Waals surface area contributed by atoms with Crippen molar-refractivity contribution in [2.45, 2.75) is 6.54 Å². The van der Waals surface area contributed by atoms with Crippen LogP contribution in [0.1, 0.15) is 10.4 Å². The van der Waals surface area contributed by atoms with E-state index in [1.54, 1.807) is 30.5 Å². The van der Waals surface area contributed by atoms with E-state index in [1.165, 1.54) is 4.57 Å². The third-order valence-corrected chi connectivity index (χ3v) is 4.19. The van der Waals surface area contributed by atoms with Crippen LogP contribution in [0.5, 0.6) is 0 Å². The zero-order chi connectivity index (χ0) is 14.0. The summed E-state index contributed by atoms with van der Waals surface area (Å²) in [5.74, 6) is -0.125. The van der Waals surface area contributed by atoms with Crippen molar-refractivity contribution in [2.24, 2.45) is 0 Å². The standard InChI is InChI=1S/C13H8Br3NO2/c14-8-5-11(16)13(19)17(6-8)7-12(18)9-3-1-2-4-10(9)15/h1-6H,7H2. The minimum absolute atomic E-state index is 0.000509. The first-order chi connectivity index (χ1) is 8.99. The minimum atomic E-state index is -0.233. The Morgan fingerprint density at radius 1 is 1.11 bits per heavy atom. The summed E-state index contributed by atoms with van der Waals surface area (Å²) in [6, 6.07) is 8.80. The summed E-state index contributed by atoms with van der Waals surface area (Å²) >= 11 is 9.80. The number of hydrogen-bond acceptors (Lipinski definition) is 2. The fraction of sp³-hybridized carbons (Fsp3) is 0.0769. The molecule has 0 bridgehead atoms. The molecule has 0 N–H and O–H groups in total. The molecule has 1 heterocycles. The van der Waals surface area contributed by atoms with E-state index in [0.29, 0.717) is 10.0 Å². The van der Waals surface area contributed by atoms with Gasteiger partial charge < -0.3 is 4.57 Å². The summed E-state index contributed by atoms with van der Waals surface area (Å²) in [6.07, 6.45) is 1.60. The molecule has 0 spiro atoms. The second-order valence-electron chi connectivity index (χ2n) is 3.84. The van der Waals surface area contributed by atoms with Gasteiger partial charge in [0.25, 0.3) is 5.56 Å². The molecule has 2 aromatic rings. The van der Waals surface area contributed by atoms with Gasteiger partial charge in [0, 0.05) is 20.7 Å². The lowest BCUT2D eigenvalue weighted by atomic mass is 10.1. The molecule has 0 saturated heterocycles. The van der Waals surface area contributed by atoms with Crippen LogP contribution in [0, 0.1) is 0 Å². The van der Waals surface area contributed by atoms with Gasteiger partial charge in [-0.25, -0.2) is 0 Å². The van der Waals surface area contributed by atoms with E-state index >= 15 is 0 Å². The number of Topliss-reactive ketones (excluding diaryl/α,β-unsaturated/α-hetero) is 1. The van der Waals surface area contributed by atoms with Crippen LogP contribution in [0.2, 0.25) is 0 Å². The molecule has 0 atom stereocenters. The van der Waals surface area contributed by atoms with Gasteiger partial charge in [0.05, 0.1) is 11.0 Å². The molecule has 6 heteroatoms. The predicted octanol–water partition coefficient (Wildman–Crippen LogP) is 4.02. The first-order valence-corrected chi connectivity index (χ1v) is 7.70. The summed E-state index contributed by atoms with van der Waals surface area (Å²) in [4.78, 5) is 24.1. The van der Waals surface area contributed by atoms with Crippen LogP contribution in [0.4, 0.5) is 0 Å². The molecule has 0 saturated carbocycles. The highest BCUT2D eigenvalue weighted by atomic mass is 79.9. The van der Waals surface area contributed by atoms with Crippen LogP contribution in [0.15, 0.2) is 54.7 Å². The van der Waals surface area contributed by atoms with Crippen molar-refractivity contribution in [3.05, 3.63) is 65.9 Å². The molecule has 1 aromatic heterocycles. The van der Waals surface area contributed by atoms with Crippen molar-refractivity contribution in [3.8, 4) is 0 Å². The number of carbonyl (C=O) groups is 1. The average molecular weight is 450 g/mol. The Morgan fingerprint density at radius 2 is 1.79 bits per heavy atom. The Kier molecular flexibility index (Phi) is 4.76. The Bertz CT molecular complexity index is 695. The number of carbonyl (C=O) groups excluding carboxylic acids is 1. The zero-order valence-electron chi connectivity index (χ0n) is 9.57. The first kappa shape index (κ1) is 14.7. The molecule has 0 aliphatic rings. The van der Waals surface area contributed by atoms with Crippen LogP contribution in [0.25, 0.3) is 0 Å². The molecule has 19 heavy (non-hydrogen) atoms. The average Bonchev–Trinajstić information content (AvgIpc) is 2.35. The third-order valence-electron chi connectivity index (χ3n) is 2.50. The van der Waals surface area contributed by atoms with Gasteiger partial charge >= 0.3 is 0 Å². The number of ketones is 1. The van der Waals surface area contributed by atoms with Gasteiger partial charge in [-0.05, 0) is 44.0 Å². The van der Waals surface area contributed by atoms with E-state index in [9.17, 15) is 9.59 Å². The molecule has 0 amide bonds. The van der Waals surface area contributed by atoms with Crippen molar-refractivity contribution in [1.29, 1.82) is 0 Å². The van der Waals surface area contributed by atoms with E-state index in [4.69, 9.17) is 0 Å². The van der Waals surface area contributed by atoms with Gasteiger partial charge in [-0.15, -0.1) is 0 Å². The van der Waals surface area contributed by atoms with Gasteiger partial charge in [0.1, 0.15) is 0 Å². The topological polar surface area (TPSA) is 39.1 Å². The van der Waals surface area contributed by atoms with Crippen LogP contribution in [0.3, 0.4) is 0 Å². The smallest absolute Gasteiger partial charge is 0.265 e. The highest BCUT2D eigenvalue weighted by molar-refractivity contribution is 9.11. The largest absolute Gasteiger partial charge is 0.306 e. The number of nitrogens with zero attached hydrogens (tertiary/aromatic N) is 1. The van der Waals surface area contributed by atoms with Crippen LogP contribution >= 0.6 is 47.8 Å². The molecular formula is C13H8Br3NO2. The number of aromatic nitrogens is 1. The zero-order valence-corrected chi connectivity index (χ0v) is 14.3. The second kappa shape index (κ2) is 6.15. The molecule has 2 rings (SSSR count). The molecule has 0 unspecified atom stereocenters. The summed E-state index contributed by atoms with van der Waals surface area (Å²) in [5, 5.41) is 0. The van der Waals surface area contributed by atoms with Crippen molar-refractivity contribution >= 4 is 53.6 Å². The molecular weight excluding hydrogens is 442 g/mol. The highest BCUT2D eigenvalue weighted by Crippen LogP contribution is 2.18. The van der Waals surface area contributed by atoms with Gasteiger partial charge in [0.2, 0.25) is 0 Å². The molecule has 0 fully saturated rings. The van der Waals surface area contributed by atoms with Crippen LogP contribution < -0.4 is 5.56 Å². The summed E-state index contributed by atoms with van der Waals surface area (Å²) < 4.78 is 3.25. The molecule has 0 aliphatic carbocycles. The normalized spacial score (nSPS) is 10.5.